The van der Waals surface area contributed by atoms with E-state index in [1.807, 2.05) is 27.7 Å². The standard InChI is InChI=1S/C15H24O6.C7H14O3.C6H12O2/c1-5-12(4)15(18)21-10-9-19-13(16)7-6-8-20-14(17)11(2)3;1-3-6(2)7(9)10-5-4-8;1-4-5(2)6(7)8-3/h12H,2,5-10H2,1,3-4H3;6,8H,3-5H2,1-2H3;5H,4H2,1-3H3. The summed E-state index contributed by atoms with van der Waals surface area (Å²) < 4.78 is 23.8. The molecule has 0 aliphatic rings. The highest BCUT2D eigenvalue weighted by Crippen LogP contribution is 2.04. The predicted molar refractivity (Wildman–Crippen MR) is 145 cm³/mol. The summed E-state index contributed by atoms with van der Waals surface area (Å²) in [5, 5.41) is 8.29. The molecular formula is C28H50O11. The molecule has 0 aromatic rings. The minimum Gasteiger partial charge on any atom is -0.469 e. The topological polar surface area (TPSA) is 152 Å². The first-order valence-corrected chi connectivity index (χ1v) is 13.3. The van der Waals surface area contributed by atoms with Crippen LogP contribution in [0.5, 0.6) is 0 Å². The van der Waals surface area contributed by atoms with Crippen LogP contribution >= 0.6 is 0 Å². The third-order valence-corrected chi connectivity index (χ3v) is 5.28. The zero-order chi connectivity index (χ0) is 30.8. The maximum Gasteiger partial charge on any atom is 0.333 e. The second kappa shape index (κ2) is 26.6. The molecule has 0 saturated heterocycles. The van der Waals surface area contributed by atoms with Crippen LogP contribution in [0.2, 0.25) is 0 Å². The zero-order valence-electron chi connectivity index (χ0n) is 25.0. The summed E-state index contributed by atoms with van der Waals surface area (Å²) in [5.41, 5.74) is 0.320. The van der Waals surface area contributed by atoms with E-state index >= 15 is 0 Å². The molecule has 1 N–H and O–H groups in total. The summed E-state index contributed by atoms with van der Waals surface area (Å²) >= 11 is 0. The van der Waals surface area contributed by atoms with Gasteiger partial charge in [-0.25, -0.2) is 4.79 Å². The molecule has 0 aliphatic carbocycles. The number of rotatable bonds is 16. The first-order valence-electron chi connectivity index (χ1n) is 13.3. The molecule has 0 spiro atoms. The largest absolute Gasteiger partial charge is 0.469 e. The number of hydrogen-bond donors (Lipinski definition) is 1. The van der Waals surface area contributed by atoms with E-state index in [0.717, 1.165) is 12.8 Å². The highest BCUT2D eigenvalue weighted by molar-refractivity contribution is 5.86. The van der Waals surface area contributed by atoms with Crippen LogP contribution in [0.1, 0.15) is 80.6 Å². The predicted octanol–water partition coefficient (Wildman–Crippen LogP) is 3.79. The quantitative estimate of drug-likeness (QED) is 0.127. The van der Waals surface area contributed by atoms with E-state index in [-0.39, 0.29) is 75.1 Å². The van der Waals surface area contributed by atoms with E-state index in [4.69, 9.17) is 19.3 Å². The van der Waals surface area contributed by atoms with Crippen LogP contribution in [-0.2, 0) is 47.7 Å². The molecule has 3 atom stereocenters. The van der Waals surface area contributed by atoms with Gasteiger partial charge in [0, 0.05) is 12.0 Å². The monoisotopic (exact) mass is 562 g/mol. The number of hydrogen-bond acceptors (Lipinski definition) is 11. The van der Waals surface area contributed by atoms with Crippen molar-refractivity contribution < 1.29 is 52.8 Å². The lowest BCUT2D eigenvalue weighted by molar-refractivity contribution is -0.155. The first kappa shape index (κ1) is 40.5. The molecule has 0 fully saturated rings. The maximum absolute atomic E-state index is 11.3. The Morgan fingerprint density at radius 2 is 1.13 bits per heavy atom. The zero-order valence-corrected chi connectivity index (χ0v) is 25.0. The fourth-order valence-electron chi connectivity index (χ4n) is 2.01. The molecule has 0 saturated carbocycles. The van der Waals surface area contributed by atoms with Gasteiger partial charge < -0.3 is 28.8 Å². The normalized spacial score (nSPS) is 12.0. The van der Waals surface area contributed by atoms with E-state index in [0.29, 0.717) is 18.4 Å². The molecule has 228 valence electrons. The second-order valence-electron chi connectivity index (χ2n) is 8.75. The van der Waals surface area contributed by atoms with Crippen LogP contribution in [-0.4, -0.2) is 75.1 Å². The summed E-state index contributed by atoms with van der Waals surface area (Å²) in [6, 6.07) is 0. The Labute approximate surface area is 233 Å². The van der Waals surface area contributed by atoms with Crippen molar-refractivity contribution in [2.75, 3.05) is 40.1 Å². The average Bonchev–Trinajstić information content (AvgIpc) is 2.94. The number of ether oxygens (including phenoxy) is 5. The molecule has 0 amide bonds. The smallest absolute Gasteiger partial charge is 0.333 e. The lowest BCUT2D eigenvalue weighted by atomic mass is 10.1. The van der Waals surface area contributed by atoms with Crippen molar-refractivity contribution in [1.82, 2.24) is 0 Å². The fraction of sp³-hybridized carbons (Fsp3) is 0.750. The van der Waals surface area contributed by atoms with E-state index in [1.165, 1.54) is 7.11 Å². The Morgan fingerprint density at radius 1 is 0.692 bits per heavy atom. The third kappa shape index (κ3) is 25.1. The average molecular weight is 563 g/mol. The van der Waals surface area contributed by atoms with Crippen LogP contribution in [0.4, 0.5) is 0 Å². The van der Waals surface area contributed by atoms with Crippen LogP contribution < -0.4 is 0 Å². The lowest BCUT2D eigenvalue weighted by Crippen LogP contribution is -2.18. The van der Waals surface area contributed by atoms with Crippen LogP contribution in [0.15, 0.2) is 12.2 Å². The van der Waals surface area contributed by atoms with Gasteiger partial charge in [-0.3, -0.25) is 19.2 Å². The van der Waals surface area contributed by atoms with Crippen molar-refractivity contribution in [3.8, 4) is 0 Å². The molecule has 0 heterocycles. The van der Waals surface area contributed by atoms with Gasteiger partial charge in [-0.2, -0.15) is 0 Å². The number of aliphatic hydroxyl groups is 1. The molecule has 0 aromatic carbocycles. The second-order valence-corrected chi connectivity index (χ2v) is 8.75. The molecule has 0 radical (unpaired) electrons. The van der Waals surface area contributed by atoms with Gasteiger partial charge in [0.2, 0.25) is 0 Å². The van der Waals surface area contributed by atoms with Gasteiger partial charge in [0.15, 0.2) is 0 Å². The minimum absolute atomic E-state index is 0.0343. The molecule has 3 unspecified atom stereocenters. The van der Waals surface area contributed by atoms with Gasteiger partial charge in [-0.15, -0.1) is 0 Å². The molecule has 0 rings (SSSR count). The van der Waals surface area contributed by atoms with Gasteiger partial charge >= 0.3 is 29.8 Å². The summed E-state index contributed by atoms with van der Waals surface area (Å²) in [4.78, 5) is 55.0. The molecule has 11 heteroatoms. The van der Waals surface area contributed by atoms with Crippen molar-refractivity contribution >= 4 is 29.8 Å². The van der Waals surface area contributed by atoms with E-state index in [2.05, 4.69) is 16.1 Å². The Balaban J connectivity index is -0.000000593. The number of aliphatic hydroxyl groups excluding tert-OH is 1. The van der Waals surface area contributed by atoms with Crippen molar-refractivity contribution in [3.05, 3.63) is 12.2 Å². The van der Waals surface area contributed by atoms with Crippen LogP contribution in [0, 0.1) is 17.8 Å². The summed E-state index contributed by atoms with van der Waals surface area (Å²) in [6.07, 6.45) is 2.87. The Kier molecular flexibility index (Phi) is 27.7. The SMILES string of the molecule is C=C(C)C(=O)OCCCC(=O)OCCOC(=O)C(C)CC.CCC(C)C(=O)OC.CCC(C)C(=O)OCCO. The molecular weight excluding hydrogens is 512 g/mol. The van der Waals surface area contributed by atoms with Crippen molar-refractivity contribution in [3.63, 3.8) is 0 Å². The number of methoxy groups -OCH3 is 1. The van der Waals surface area contributed by atoms with Crippen LogP contribution in [0.25, 0.3) is 0 Å². The molecule has 0 aromatic heterocycles. The highest BCUT2D eigenvalue weighted by Gasteiger charge is 2.12. The lowest BCUT2D eigenvalue weighted by Gasteiger charge is -2.09. The Bertz CT molecular complexity index is 718. The van der Waals surface area contributed by atoms with E-state index in [1.54, 1.807) is 20.8 Å². The Hall–Kier alpha value is -2.95. The van der Waals surface area contributed by atoms with Crippen molar-refractivity contribution in [1.29, 1.82) is 0 Å². The van der Waals surface area contributed by atoms with Crippen molar-refractivity contribution in [2.24, 2.45) is 17.8 Å². The molecule has 0 bridgehead atoms. The summed E-state index contributed by atoms with van der Waals surface area (Å²) in [7, 11) is 1.41. The molecule has 0 aliphatic heterocycles. The summed E-state index contributed by atoms with van der Waals surface area (Å²) in [6.45, 7) is 16.5. The van der Waals surface area contributed by atoms with Gasteiger partial charge in [-0.1, -0.05) is 48.1 Å². The Morgan fingerprint density at radius 3 is 1.51 bits per heavy atom. The molecule has 11 nitrogen and oxygen atoms in total. The number of carbonyl (C=O) groups excluding carboxylic acids is 5. The van der Waals surface area contributed by atoms with Gasteiger partial charge in [-0.05, 0) is 32.6 Å². The number of esters is 5. The van der Waals surface area contributed by atoms with Crippen LogP contribution in [0.3, 0.4) is 0 Å². The third-order valence-electron chi connectivity index (χ3n) is 5.28. The first-order chi connectivity index (χ1) is 18.3. The minimum atomic E-state index is -0.472. The van der Waals surface area contributed by atoms with E-state index in [9.17, 15) is 24.0 Å². The van der Waals surface area contributed by atoms with Gasteiger partial charge in [0.1, 0.15) is 19.8 Å². The van der Waals surface area contributed by atoms with Gasteiger partial charge in [0.25, 0.3) is 0 Å². The van der Waals surface area contributed by atoms with E-state index < -0.39 is 11.9 Å². The summed E-state index contributed by atoms with van der Waals surface area (Å²) in [5.74, 6) is -1.67. The maximum atomic E-state index is 11.3. The highest BCUT2D eigenvalue weighted by atomic mass is 16.6. The molecule has 39 heavy (non-hydrogen) atoms. The fourth-order valence-corrected chi connectivity index (χ4v) is 2.01. The number of carbonyl (C=O) groups is 5. The van der Waals surface area contributed by atoms with Gasteiger partial charge in [0.05, 0.1) is 38.1 Å². The van der Waals surface area contributed by atoms with Crippen molar-refractivity contribution in [2.45, 2.75) is 80.6 Å².